The van der Waals surface area contributed by atoms with Gasteiger partial charge in [-0.05, 0) is 29.8 Å². The minimum Gasteiger partial charge on any atom is -0.398 e. The second-order valence-electron chi connectivity index (χ2n) is 7.04. The van der Waals surface area contributed by atoms with E-state index in [0.717, 1.165) is 50.4 Å². The number of anilines is 1. The number of Topliss-reactive ketones (excluding diaryl/α,β-unsaturated/α-hetero) is 1. The summed E-state index contributed by atoms with van der Waals surface area (Å²) in [6, 6.07) is 7.94. The zero-order valence-corrected chi connectivity index (χ0v) is 15.6. The molecule has 0 aliphatic carbocycles. The first-order chi connectivity index (χ1) is 13.6. The minimum absolute atomic E-state index is 0.0891. The number of nitrogens with zero attached hydrogens (tertiary/aromatic N) is 3. The van der Waals surface area contributed by atoms with Crippen LogP contribution in [0.3, 0.4) is 0 Å². The maximum atomic E-state index is 13.2. The third kappa shape index (κ3) is 4.05. The maximum Gasteiger partial charge on any atom is 0.168 e. The highest BCUT2D eigenvalue weighted by atomic mass is 19.1. The summed E-state index contributed by atoms with van der Waals surface area (Å²) in [7, 11) is 0. The summed E-state index contributed by atoms with van der Waals surface area (Å²) < 4.78 is 20.7. The van der Waals surface area contributed by atoms with E-state index in [1.54, 1.807) is 12.3 Å². The van der Waals surface area contributed by atoms with Crippen LogP contribution in [0.15, 0.2) is 42.7 Å². The Bertz CT molecular complexity index is 995. The van der Waals surface area contributed by atoms with E-state index >= 15 is 0 Å². The SMILES string of the molecule is Nc1cc(F)ccc1CC(=O)c1cnc2c(ccn2CCN2CCOCC2)c1. The monoisotopic (exact) mass is 382 g/mol. The molecule has 1 saturated heterocycles. The lowest BCUT2D eigenvalue weighted by atomic mass is 10.0. The lowest BCUT2D eigenvalue weighted by Crippen LogP contribution is -2.38. The van der Waals surface area contributed by atoms with Crippen LogP contribution < -0.4 is 5.73 Å². The lowest BCUT2D eigenvalue weighted by Gasteiger charge is -2.26. The van der Waals surface area contributed by atoms with Crippen LogP contribution in [-0.4, -0.2) is 53.1 Å². The molecule has 28 heavy (non-hydrogen) atoms. The third-order valence-corrected chi connectivity index (χ3v) is 5.14. The fourth-order valence-electron chi connectivity index (χ4n) is 3.49. The Kier molecular flexibility index (Phi) is 5.36. The molecule has 0 atom stereocenters. The van der Waals surface area contributed by atoms with Gasteiger partial charge in [0.25, 0.3) is 0 Å². The Balaban J connectivity index is 1.46. The lowest BCUT2D eigenvalue weighted by molar-refractivity contribution is 0.0365. The zero-order chi connectivity index (χ0) is 19.5. The molecule has 1 aromatic carbocycles. The van der Waals surface area contributed by atoms with Gasteiger partial charge in [-0.2, -0.15) is 0 Å². The first-order valence-electron chi connectivity index (χ1n) is 9.42. The van der Waals surface area contributed by atoms with E-state index in [0.29, 0.717) is 11.1 Å². The molecule has 0 saturated carbocycles. The topological polar surface area (TPSA) is 73.4 Å². The molecule has 1 aliphatic rings. The van der Waals surface area contributed by atoms with Crippen LogP contribution in [0.5, 0.6) is 0 Å². The second-order valence-corrected chi connectivity index (χ2v) is 7.04. The van der Waals surface area contributed by atoms with Gasteiger partial charge in [0.15, 0.2) is 5.78 Å². The summed E-state index contributed by atoms with van der Waals surface area (Å²) in [6.07, 6.45) is 3.73. The third-order valence-electron chi connectivity index (χ3n) is 5.14. The molecule has 2 aromatic heterocycles. The predicted molar refractivity (Wildman–Crippen MR) is 106 cm³/mol. The molecule has 1 fully saturated rings. The molecule has 0 amide bonds. The second kappa shape index (κ2) is 8.08. The van der Waals surface area contributed by atoms with E-state index in [2.05, 4.69) is 14.5 Å². The molecule has 3 aromatic rings. The van der Waals surface area contributed by atoms with Gasteiger partial charge in [-0.1, -0.05) is 6.07 Å². The number of nitrogen functional groups attached to an aromatic ring is 1. The molecule has 6 nitrogen and oxygen atoms in total. The van der Waals surface area contributed by atoms with Crippen LogP contribution in [0.2, 0.25) is 0 Å². The summed E-state index contributed by atoms with van der Waals surface area (Å²) in [5.41, 5.74) is 8.12. The van der Waals surface area contributed by atoms with Crippen LogP contribution >= 0.6 is 0 Å². The Labute approximate surface area is 162 Å². The van der Waals surface area contributed by atoms with Crippen molar-refractivity contribution in [1.29, 1.82) is 0 Å². The van der Waals surface area contributed by atoms with E-state index in [1.807, 2.05) is 18.3 Å². The van der Waals surface area contributed by atoms with E-state index in [9.17, 15) is 9.18 Å². The Morgan fingerprint density at radius 2 is 2.00 bits per heavy atom. The normalized spacial score (nSPS) is 15.2. The van der Waals surface area contributed by atoms with Gasteiger partial charge in [0.05, 0.1) is 13.2 Å². The van der Waals surface area contributed by atoms with Crippen molar-refractivity contribution < 1.29 is 13.9 Å². The average Bonchev–Trinajstić information content (AvgIpc) is 3.11. The first kappa shape index (κ1) is 18.6. The highest BCUT2D eigenvalue weighted by Gasteiger charge is 2.14. The van der Waals surface area contributed by atoms with Crippen molar-refractivity contribution in [3.63, 3.8) is 0 Å². The number of halogens is 1. The fraction of sp³-hybridized carbons (Fsp3) is 0.333. The molecule has 0 spiro atoms. The van der Waals surface area contributed by atoms with Crippen LogP contribution in [0.4, 0.5) is 10.1 Å². The molecule has 4 rings (SSSR count). The Hall–Kier alpha value is -2.77. The molecule has 7 heteroatoms. The summed E-state index contributed by atoms with van der Waals surface area (Å²) in [6.45, 7) is 5.27. The van der Waals surface area contributed by atoms with E-state index < -0.39 is 5.82 Å². The van der Waals surface area contributed by atoms with Gasteiger partial charge < -0.3 is 15.0 Å². The van der Waals surface area contributed by atoms with Crippen LogP contribution in [0.1, 0.15) is 15.9 Å². The molecule has 2 N–H and O–H groups in total. The minimum atomic E-state index is -0.407. The molecule has 0 bridgehead atoms. The Morgan fingerprint density at radius 3 is 2.79 bits per heavy atom. The number of pyridine rings is 1. The number of carbonyl (C=O) groups excluding carboxylic acids is 1. The van der Waals surface area contributed by atoms with Crippen molar-refractivity contribution in [1.82, 2.24) is 14.5 Å². The molecule has 3 heterocycles. The maximum absolute atomic E-state index is 13.2. The van der Waals surface area contributed by atoms with Crippen molar-refractivity contribution in [2.75, 3.05) is 38.6 Å². The molecule has 0 unspecified atom stereocenters. The summed E-state index contributed by atoms with van der Waals surface area (Å²) in [4.78, 5) is 19.5. The van der Waals surface area contributed by atoms with Gasteiger partial charge >= 0.3 is 0 Å². The summed E-state index contributed by atoms with van der Waals surface area (Å²) >= 11 is 0. The average molecular weight is 382 g/mol. The van der Waals surface area contributed by atoms with Gasteiger partial charge in [0.1, 0.15) is 11.5 Å². The van der Waals surface area contributed by atoms with Crippen LogP contribution in [0.25, 0.3) is 11.0 Å². The molecule has 0 radical (unpaired) electrons. The van der Waals surface area contributed by atoms with Crippen molar-refractivity contribution >= 4 is 22.5 Å². The number of rotatable bonds is 6. The predicted octanol–water partition coefficient (Wildman–Crippen LogP) is 2.52. The van der Waals surface area contributed by atoms with Crippen LogP contribution in [-0.2, 0) is 17.7 Å². The quantitative estimate of drug-likeness (QED) is 0.524. The zero-order valence-electron chi connectivity index (χ0n) is 15.6. The first-order valence-corrected chi connectivity index (χ1v) is 9.42. The van der Waals surface area contributed by atoms with Gasteiger partial charge in [-0.25, -0.2) is 9.37 Å². The van der Waals surface area contributed by atoms with Gasteiger partial charge in [-0.3, -0.25) is 9.69 Å². The Morgan fingerprint density at radius 1 is 1.18 bits per heavy atom. The number of aromatic nitrogens is 2. The molecular formula is C21H23FN4O2. The highest BCUT2D eigenvalue weighted by Crippen LogP contribution is 2.19. The number of ketones is 1. The number of carbonyl (C=O) groups is 1. The molecule has 1 aliphatic heterocycles. The summed E-state index contributed by atoms with van der Waals surface area (Å²) in [5, 5.41) is 0.930. The standard InChI is InChI=1S/C21H23FN4O2/c22-18-2-1-15(19(23)13-18)12-20(27)17-11-16-3-4-26(21(16)24-14-17)6-5-25-7-9-28-10-8-25/h1-4,11,13-14H,5-10,12,23H2. The van der Waals surface area contributed by atoms with E-state index in [-0.39, 0.29) is 17.9 Å². The van der Waals surface area contributed by atoms with Crippen LogP contribution in [0, 0.1) is 5.82 Å². The number of nitrogens with two attached hydrogens (primary N) is 1. The number of benzene rings is 1. The number of fused-ring (bicyclic) bond motifs is 1. The molecule has 146 valence electrons. The summed E-state index contributed by atoms with van der Waals surface area (Å²) in [5.74, 6) is -0.496. The highest BCUT2D eigenvalue weighted by molar-refractivity contribution is 6.00. The number of morpholine rings is 1. The number of hydrogen-bond donors (Lipinski definition) is 1. The number of hydrogen-bond acceptors (Lipinski definition) is 5. The fourth-order valence-corrected chi connectivity index (χ4v) is 3.49. The van der Waals surface area contributed by atoms with Crippen molar-refractivity contribution in [2.24, 2.45) is 0 Å². The van der Waals surface area contributed by atoms with E-state index in [1.165, 1.54) is 12.1 Å². The smallest absolute Gasteiger partial charge is 0.168 e. The van der Waals surface area contributed by atoms with Gasteiger partial charge in [0, 0.05) is 61.6 Å². The molecular weight excluding hydrogens is 359 g/mol. The van der Waals surface area contributed by atoms with Crippen molar-refractivity contribution in [3.8, 4) is 0 Å². The van der Waals surface area contributed by atoms with Gasteiger partial charge in [-0.15, -0.1) is 0 Å². The number of ether oxygens (including phenoxy) is 1. The van der Waals surface area contributed by atoms with E-state index in [4.69, 9.17) is 10.5 Å². The largest absolute Gasteiger partial charge is 0.398 e. The van der Waals surface area contributed by atoms with Gasteiger partial charge in [0.2, 0.25) is 0 Å². The van der Waals surface area contributed by atoms with Crippen molar-refractivity contribution in [2.45, 2.75) is 13.0 Å². The van der Waals surface area contributed by atoms with Crippen molar-refractivity contribution in [3.05, 3.63) is 59.7 Å².